The van der Waals surface area contributed by atoms with E-state index in [9.17, 15) is 4.79 Å². The van der Waals surface area contributed by atoms with Crippen molar-refractivity contribution in [3.63, 3.8) is 0 Å². The summed E-state index contributed by atoms with van der Waals surface area (Å²) in [6.45, 7) is 3.70. The molecule has 84 valence electrons. The lowest BCUT2D eigenvalue weighted by molar-refractivity contribution is -0.142. The summed E-state index contributed by atoms with van der Waals surface area (Å²) in [6, 6.07) is 0. The molecule has 0 aliphatic carbocycles. The number of hydrogen-bond donors (Lipinski definition) is 3. The van der Waals surface area contributed by atoms with E-state index in [1.54, 1.807) is 11.8 Å². The first-order chi connectivity index (χ1) is 6.40. The maximum atomic E-state index is 10.6. The van der Waals surface area contributed by atoms with Crippen molar-refractivity contribution in [3.05, 3.63) is 0 Å². The van der Waals surface area contributed by atoms with Crippen molar-refractivity contribution in [2.24, 2.45) is 5.73 Å². The van der Waals surface area contributed by atoms with Crippen molar-refractivity contribution < 1.29 is 15.0 Å². The number of carboxylic acids is 1. The second kappa shape index (κ2) is 6.27. The Morgan fingerprint density at radius 2 is 2.21 bits per heavy atom. The normalized spacial score (nSPS) is 17.4. The van der Waals surface area contributed by atoms with Crippen molar-refractivity contribution in [3.8, 4) is 0 Å². The number of nitrogens with two attached hydrogens (primary N) is 1. The highest BCUT2D eigenvalue weighted by Gasteiger charge is 2.27. The third-order valence-corrected chi connectivity index (χ3v) is 3.29. The predicted octanol–water partition coefficient (Wildman–Crippen LogP) is 0.683. The van der Waals surface area contributed by atoms with Gasteiger partial charge in [-0.15, -0.1) is 0 Å². The molecule has 0 aromatic carbocycles. The van der Waals surface area contributed by atoms with Crippen LogP contribution in [0.3, 0.4) is 0 Å². The van der Waals surface area contributed by atoms with Crippen LogP contribution in [0.1, 0.15) is 26.7 Å². The summed E-state index contributed by atoms with van der Waals surface area (Å²) in [5.41, 5.74) is 4.42. The molecule has 4 N–H and O–H groups in total. The van der Waals surface area contributed by atoms with Crippen LogP contribution < -0.4 is 5.73 Å². The molecule has 2 unspecified atom stereocenters. The largest absolute Gasteiger partial charge is 0.480 e. The highest BCUT2D eigenvalue weighted by molar-refractivity contribution is 7.99. The lowest BCUT2D eigenvalue weighted by atomic mass is 10.0. The van der Waals surface area contributed by atoms with Gasteiger partial charge in [0.15, 0.2) is 0 Å². The van der Waals surface area contributed by atoms with Crippen LogP contribution in [0, 0.1) is 0 Å². The molecule has 0 spiro atoms. The number of carbonyl (C=O) groups is 1. The van der Waals surface area contributed by atoms with E-state index < -0.39 is 11.5 Å². The molecule has 0 saturated heterocycles. The van der Waals surface area contributed by atoms with Crippen LogP contribution in [0.2, 0.25) is 0 Å². The van der Waals surface area contributed by atoms with Gasteiger partial charge in [-0.3, -0.25) is 4.79 Å². The lowest BCUT2D eigenvalue weighted by Gasteiger charge is -2.19. The zero-order valence-corrected chi connectivity index (χ0v) is 9.51. The summed E-state index contributed by atoms with van der Waals surface area (Å²) < 4.78 is 0. The zero-order chi connectivity index (χ0) is 11.2. The van der Waals surface area contributed by atoms with E-state index in [2.05, 4.69) is 0 Å². The van der Waals surface area contributed by atoms with Crippen LogP contribution >= 0.6 is 11.8 Å². The average Bonchev–Trinajstić information content (AvgIpc) is 2.04. The van der Waals surface area contributed by atoms with Crippen LogP contribution in [0.25, 0.3) is 0 Å². The first kappa shape index (κ1) is 13.7. The second-order valence-corrected chi connectivity index (χ2v) is 5.21. The average molecular weight is 221 g/mol. The number of hydrogen-bond acceptors (Lipinski definition) is 4. The maximum absolute atomic E-state index is 10.6. The zero-order valence-electron chi connectivity index (χ0n) is 8.69. The Balaban J connectivity index is 3.68. The number of rotatable bonds is 7. The van der Waals surface area contributed by atoms with Crippen molar-refractivity contribution >= 4 is 17.7 Å². The van der Waals surface area contributed by atoms with Crippen LogP contribution in [0.4, 0.5) is 0 Å². The first-order valence-corrected chi connectivity index (χ1v) is 5.69. The molecule has 4 nitrogen and oxygen atoms in total. The monoisotopic (exact) mass is 221 g/mol. The number of aliphatic carboxylic acids is 1. The van der Waals surface area contributed by atoms with E-state index in [4.69, 9.17) is 15.9 Å². The summed E-state index contributed by atoms with van der Waals surface area (Å²) in [5, 5.41) is 17.7. The van der Waals surface area contributed by atoms with Crippen molar-refractivity contribution in [1.29, 1.82) is 0 Å². The van der Waals surface area contributed by atoms with Gasteiger partial charge in [-0.25, -0.2) is 0 Å². The molecule has 2 atom stereocenters. The van der Waals surface area contributed by atoms with Gasteiger partial charge in [0, 0.05) is 11.9 Å². The first-order valence-electron chi connectivity index (χ1n) is 4.65. The van der Waals surface area contributed by atoms with Crippen molar-refractivity contribution in [2.45, 2.75) is 37.5 Å². The van der Waals surface area contributed by atoms with E-state index in [0.29, 0.717) is 17.4 Å². The Hall–Kier alpha value is -0.260. The van der Waals surface area contributed by atoms with Gasteiger partial charge in [0.1, 0.15) is 5.54 Å². The van der Waals surface area contributed by atoms with Crippen molar-refractivity contribution in [1.82, 2.24) is 0 Å². The van der Waals surface area contributed by atoms with Gasteiger partial charge in [0.25, 0.3) is 0 Å². The molecule has 0 heterocycles. The van der Waals surface area contributed by atoms with E-state index in [1.807, 2.05) is 6.92 Å². The molecule has 0 radical (unpaired) electrons. The smallest absolute Gasteiger partial charge is 0.323 e. The molecule has 14 heavy (non-hydrogen) atoms. The fraction of sp³-hybridized carbons (Fsp3) is 0.889. The molecule has 0 aromatic heterocycles. The number of aliphatic hydroxyl groups is 1. The van der Waals surface area contributed by atoms with Crippen LogP contribution in [0.15, 0.2) is 0 Å². The molecular weight excluding hydrogens is 202 g/mol. The van der Waals surface area contributed by atoms with Crippen LogP contribution in [-0.4, -0.2) is 39.3 Å². The fourth-order valence-electron chi connectivity index (χ4n) is 0.844. The van der Waals surface area contributed by atoms with Crippen LogP contribution in [-0.2, 0) is 4.79 Å². The minimum atomic E-state index is -1.13. The number of thioether (sulfide) groups is 1. The molecule has 0 aliphatic heterocycles. The fourth-order valence-corrected chi connectivity index (χ4v) is 2.06. The topological polar surface area (TPSA) is 83.5 Å². The Morgan fingerprint density at radius 1 is 1.64 bits per heavy atom. The summed E-state index contributed by atoms with van der Waals surface area (Å²) >= 11 is 1.64. The van der Waals surface area contributed by atoms with Gasteiger partial charge < -0.3 is 15.9 Å². The summed E-state index contributed by atoms with van der Waals surface area (Å²) in [5.74, 6) is -0.256. The molecule has 0 saturated carbocycles. The maximum Gasteiger partial charge on any atom is 0.323 e. The predicted molar refractivity (Wildman–Crippen MR) is 58.5 cm³/mol. The van der Waals surface area contributed by atoms with E-state index >= 15 is 0 Å². The number of aliphatic hydroxyl groups excluding tert-OH is 1. The minimum absolute atomic E-state index is 0.174. The third kappa shape index (κ3) is 5.47. The quantitative estimate of drug-likeness (QED) is 0.589. The summed E-state index contributed by atoms with van der Waals surface area (Å²) in [4.78, 5) is 10.6. The van der Waals surface area contributed by atoms with Gasteiger partial charge in [-0.2, -0.15) is 11.8 Å². The molecular formula is C9H19NO3S. The Kier molecular flexibility index (Phi) is 6.15. The van der Waals surface area contributed by atoms with Gasteiger partial charge in [0.2, 0.25) is 0 Å². The summed E-state index contributed by atoms with van der Waals surface area (Å²) in [6.07, 6.45) is 1.18. The minimum Gasteiger partial charge on any atom is -0.480 e. The Bertz CT molecular complexity index is 185. The molecule has 0 fully saturated rings. The number of carboxylic acid groups (broad SMARTS) is 1. The standard InChI is InChI=1S/C9H19NO3S/c1-7(3-5-11)14-6-4-9(2,10)8(12)13/h7,11H,3-6,10H2,1-2H3,(H,12,13). The van der Waals surface area contributed by atoms with E-state index in [1.165, 1.54) is 6.92 Å². The SMILES string of the molecule is CC(CCO)SCCC(C)(N)C(=O)O. The summed E-state index contributed by atoms with van der Waals surface area (Å²) in [7, 11) is 0. The van der Waals surface area contributed by atoms with Crippen molar-refractivity contribution in [2.75, 3.05) is 12.4 Å². The van der Waals surface area contributed by atoms with Gasteiger partial charge in [-0.1, -0.05) is 6.92 Å². The highest BCUT2D eigenvalue weighted by Crippen LogP contribution is 2.18. The Morgan fingerprint density at radius 3 is 2.64 bits per heavy atom. The molecule has 0 aliphatic rings. The Labute approximate surface area is 88.9 Å². The third-order valence-electron chi connectivity index (χ3n) is 2.05. The van der Waals surface area contributed by atoms with Crippen LogP contribution in [0.5, 0.6) is 0 Å². The van der Waals surface area contributed by atoms with Gasteiger partial charge >= 0.3 is 5.97 Å². The van der Waals surface area contributed by atoms with Gasteiger partial charge in [0.05, 0.1) is 0 Å². The highest BCUT2D eigenvalue weighted by atomic mass is 32.2. The second-order valence-electron chi connectivity index (χ2n) is 3.67. The molecule has 0 aromatic rings. The molecule has 0 amide bonds. The lowest BCUT2D eigenvalue weighted by Crippen LogP contribution is -2.45. The van der Waals surface area contributed by atoms with Gasteiger partial charge in [-0.05, 0) is 25.5 Å². The van der Waals surface area contributed by atoms with E-state index in [0.717, 1.165) is 6.42 Å². The molecule has 0 rings (SSSR count). The molecule has 0 bridgehead atoms. The molecule has 5 heteroatoms. The van der Waals surface area contributed by atoms with E-state index in [-0.39, 0.29) is 6.61 Å².